The second-order valence-corrected chi connectivity index (χ2v) is 5.21. The Kier molecular flexibility index (Phi) is 3.55. The third-order valence-electron chi connectivity index (χ3n) is 3.78. The van der Waals surface area contributed by atoms with Gasteiger partial charge in [0.05, 0.1) is 7.11 Å². The fourth-order valence-electron chi connectivity index (χ4n) is 2.69. The second kappa shape index (κ2) is 5.52. The van der Waals surface area contributed by atoms with Crippen molar-refractivity contribution in [2.24, 2.45) is 10.7 Å². The highest BCUT2D eigenvalue weighted by atomic mass is 16.5. The number of rotatable bonds is 4. The fourth-order valence-corrected chi connectivity index (χ4v) is 2.69. The largest absolute Gasteiger partial charge is 0.497 e. The SMILES string of the molecule is COc1cccc([C@@]2(Cc3ccccc3)N=C(N)NC2=O)c1. The number of nitrogens with one attached hydrogen (secondary N) is 1. The molecule has 5 nitrogen and oxygen atoms in total. The van der Waals surface area contributed by atoms with Gasteiger partial charge >= 0.3 is 0 Å². The number of carbonyl (C=O) groups excluding carboxylic acids is 1. The monoisotopic (exact) mass is 295 g/mol. The van der Waals surface area contributed by atoms with Crippen molar-refractivity contribution in [1.82, 2.24) is 5.32 Å². The summed E-state index contributed by atoms with van der Waals surface area (Å²) in [6, 6.07) is 17.1. The van der Waals surface area contributed by atoms with E-state index in [4.69, 9.17) is 10.5 Å². The van der Waals surface area contributed by atoms with Gasteiger partial charge in [-0.1, -0.05) is 42.5 Å². The lowest BCUT2D eigenvalue weighted by molar-refractivity contribution is -0.124. The molecule has 1 amide bonds. The molecular weight excluding hydrogens is 278 g/mol. The van der Waals surface area contributed by atoms with Crippen molar-refractivity contribution >= 4 is 11.9 Å². The second-order valence-electron chi connectivity index (χ2n) is 5.21. The average molecular weight is 295 g/mol. The molecule has 5 heteroatoms. The molecule has 0 saturated heterocycles. The standard InChI is InChI=1S/C17H17N3O2/c1-22-14-9-5-8-13(10-14)17(15(21)19-16(18)20-17)11-12-6-3-2-4-7-12/h2-10H,11H2,1H3,(H3,18,19,20,21)/t17-/m1/s1. The zero-order valence-corrected chi connectivity index (χ0v) is 12.2. The quantitative estimate of drug-likeness (QED) is 0.899. The van der Waals surface area contributed by atoms with Crippen LogP contribution in [-0.2, 0) is 16.8 Å². The van der Waals surface area contributed by atoms with Crippen LogP contribution >= 0.6 is 0 Å². The molecule has 2 aromatic rings. The van der Waals surface area contributed by atoms with E-state index >= 15 is 0 Å². The molecule has 3 N–H and O–H groups in total. The number of amides is 1. The maximum atomic E-state index is 12.6. The summed E-state index contributed by atoms with van der Waals surface area (Å²) in [5, 5.41) is 2.61. The van der Waals surface area contributed by atoms with Crippen LogP contribution in [0.1, 0.15) is 11.1 Å². The number of ether oxygens (including phenoxy) is 1. The summed E-state index contributed by atoms with van der Waals surface area (Å²) in [4.78, 5) is 17.0. The molecule has 2 aromatic carbocycles. The number of hydrogen-bond donors (Lipinski definition) is 2. The molecule has 22 heavy (non-hydrogen) atoms. The van der Waals surface area contributed by atoms with Crippen molar-refractivity contribution in [3.05, 3.63) is 65.7 Å². The molecule has 0 saturated carbocycles. The molecule has 1 heterocycles. The number of hydrogen-bond acceptors (Lipinski definition) is 4. The third-order valence-corrected chi connectivity index (χ3v) is 3.78. The molecule has 0 aliphatic carbocycles. The van der Waals surface area contributed by atoms with E-state index < -0.39 is 5.54 Å². The number of nitrogens with zero attached hydrogens (tertiary/aromatic N) is 1. The van der Waals surface area contributed by atoms with Gasteiger partial charge in [-0.05, 0) is 23.3 Å². The molecule has 0 fully saturated rings. The van der Waals surface area contributed by atoms with Crippen LogP contribution in [0.3, 0.4) is 0 Å². The zero-order valence-electron chi connectivity index (χ0n) is 12.2. The summed E-state index contributed by atoms with van der Waals surface area (Å²) in [7, 11) is 1.59. The first-order chi connectivity index (χ1) is 10.6. The van der Waals surface area contributed by atoms with Crippen LogP contribution in [0.4, 0.5) is 0 Å². The molecule has 0 aromatic heterocycles. The van der Waals surface area contributed by atoms with Crippen LogP contribution < -0.4 is 15.8 Å². The van der Waals surface area contributed by atoms with E-state index in [1.165, 1.54) is 0 Å². The van der Waals surface area contributed by atoms with E-state index in [1.54, 1.807) is 7.11 Å². The summed E-state index contributed by atoms with van der Waals surface area (Å²) >= 11 is 0. The van der Waals surface area contributed by atoms with E-state index in [0.29, 0.717) is 12.2 Å². The number of benzene rings is 2. The lowest BCUT2D eigenvalue weighted by atomic mass is 9.84. The Labute approximate surface area is 128 Å². The van der Waals surface area contributed by atoms with Gasteiger partial charge in [-0.15, -0.1) is 0 Å². The molecule has 1 aliphatic rings. The minimum absolute atomic E-state index is 0.142. The maximum Gasteiger partial charge on any atom is 0.259 e. The first-order valence-electron chi connectivity index (χ1n) is 6.99. The predicted molar refractivity (Wildman–Crippen MR) is 84.6 cm³/mol. The number of guanidine groups is 1. The van der Waals surface area contributed by atoms with Gasteiger partial charge in [0.25, 0.3) is 5.91 Å². The van der Waals surface area contributed by atoms with Crippen molar-refractivity contribution in [3.8, 4) is 5.75 Å². The smallest absolute Gasteiger partial charge is 0.259 e. The average Bonchev–Trinajstić information content (AvgIpc) is 2.83. The van der Waals surface area contributed by atoms with Crippen molar-refractivity contribution < 1.29 is 9.53 Å². The van der Waals surface area contributed by atoms with E-state index in [9.17, 15) is 4.79 Å². The minimum atomic E-state index is -1.06. The van der Waals surface area contributed by atoms with E-state index in [0.717, 1.165) is 11.1 Å². The first-order valence-corrected chi connectivity index (χ1v) is 6.99. The van der Waals surface area contributed by atoms with Gasteiger partial charge in [-0.25, -0.2) is 4.99 Å². The van der Waals surface area contributed by atoms with Crippen LogP contribution in [0.2, 0.25) is 0 Å². The van der Waals surface area contributed by atoms with Gasteiger partial charge in [0.2, 0.25) is 0 Å². The van der Waals surface area contributed by atoms with Crippen molar-refractivity contribution in [2.45, 2.75) is 12.0 Å². The van der Waals surface area contributed by atoms with Gasteiger partial charge in [-0.3, -0.25) is 10.1 Å². The highest BCUT2D eigenvalue weighted by Gasteiger charge is 2.45. The van der Waals surface area contributed by atoms with Crippen LogP contribution in [0.15, 0.2) is 59.6 Å². The molecule has 3 rings (SSSR count). The van der Waals surface area contributed by atoms with Gasteiger partial charge in [0.1, 0.15) is 5.75 Å². The Morgan fingerprint density at radius 3 is 2.59 bits per heavy atom. The summed E-state index contributed by atoms with van der Waals surface area (Å²) in [5.74, 6) is 0.601. The molecule has 112 valence electrons. The number of nitrogens with two attached hydrogens (primary N) is 1. The maximum absolute atomic E-state index is 12.6. The summed E-state index contributed by atoms with van der Waals surface area (Å²) in [6.45, 7) is 0. The van der Waals surface area contributed by atoms with E-state index in [1.807, 2.05) is 54.6 Å². The first kappa shape index (κ1) is 14.1. The lowest BCUT2D eigenvalue weighted by Crippen LogP contribution is -2.40. The van der Waals surface area contributed by atoms with E-state index in [-0.39, 0.29) is 11.9 Å². The lowest BCUT2D eigenvalue weighted by Gasteiger charge is -2.24. The van der Waals surface area contributed by atoms with Crippen LogP contribution in [0.5, 0.6) is 5.75 Å². The number of aliphatic imine (C=N–C) groups is 1. The van der Waals surface area contributed by atoms with Gasteiger partial charge in [0.15, 0.2) is 11.5 Å². The van der Waals surface area contributed by atoms with Crippen LogP contribution in [0.25, 0.3) is 0 Å². The summed E-state index contributed by atoms with van der Waals surface area (Å²) in [6.07, 6.45) is 0.438. The Morgan fingerprint density at radius 1 is 1.18 bits per heavy atom. The zero-order chi connectivity index (χ0) is 15.6. The minimum Gasteiger partial charge on any atom is -0.497 e. The van der Waals surface area contributed by atoms with Crippen molar-refractivity contribution in [2.75, 3.05) is 7.11 Å². The molecule has 0 radical (unpaired) electrons. The topological polar surface area (TPSA) is 76.7 Å². The van der Waals surface area contributed by atoms with E-state index in [2.05, 4.69) is 10.3 Å². The van der Waals surface area contributed by atoms with Gasteiger partial charge in [0, 0.05) is 6.42 Å². The molecule has 0 unspecified atom stereocenters. The number of carbonyl (C=O) groups is 1. The predicted octanol–water partition coefficient (Wildman–Crippen LogP) is 1.58. The van der Waals surface area contributed by atoms with Gasteiger partial charge < -0.3 is 10.5 Å². The molecular formula is C17H17N3O2. The molecule has 1 atom stereocenters. The normalized spacial score (nSPS) is 20.4. The Morgan fingerprint density at radius 2 is 1.95 bits per heavy atom. The highest BCUT2D eigenvalue weighted by Crippen LogP contribution is 2.34. The van der Waals surface area contributed by atoms with Crippen molar-refractivity contribution in [3.63, 3.8) is 0 Å². The molecule has 0 spiro atoms. The highest BCUT2D eigenvalue weighted by molar-refractivity contribution is 6.07. The summed E-state index contributed by atoms with van der Waals surface area (Å²) < 4.78 is 5.26. The summed E-state index contributed by atoms with van der Waals surface area (Å²) in [5.41, 5.74) is 6.46. The fraction of sp³-hybridized carbons (Fsp3) is 0.176. The van der Waals surface area contributed by atoms with Crippen molar-refractivity contribution in [1.29, 1.82) is 0 Å². The Hall–Kier alpha value is -2.82. The van der Waals surface area contributed by atoms with Crippen LogP contribution in [0, 0.1) is 0 Å². The third kappa shape index (κ3) is 2.41. The number of methoxy groups -OCH3 is 1. The molecule has 1 aliphatic heterocycles. The Balaban J connectivity index is 2.09. The van der Waals surface area contributed by atoms with Crippen LogP contribution in [-0.4, -0.2) is 19.0 Å². The Bertz CT molecular complexity index is 728. The van der Waals surface area contributed by atoms with Gasteiger partial charge in [-0.2, -0.15) is 0 Å². The molecule has 0 bridgehead atoms.